The Kier molecular flexibility index (Phi) is 5.67. The molecule has 0 radical (unpaired) electrons. The van der Waals surface area contributed by atoms with E-state index in [-0.39, 0.29) is 33.9 Å². The summed E-state index contributed by atoms with van der Waals surface area (Å²) in [6.45, 7) is 6.79. The summed E-state index contributed by atoms with van der Waals surface area (Å²) >= 11 is 0. The van der Waals surface area contributed by atoms with Crippen LogP contribution in [0, 0.1) is 0 Å². The van der Waals surface area contributed by atoms with E-state index in [2.05, 4.69) is 19.9 Å². The van der Waals surface area contributed by atoms with Crippen LogP contribution in [0.15, 0.2) is 60.9 Å². The van der Waals surface area contributed by atoms with E-state index in [1.807, 2.05) is 13.8 Å². The van der Waals surface area contributed by atoms with Gasteiger partial charge in [-0.05, 0) is 73.5 Å². The third kappa shape index (κ3) is 4.41. The second-order valence-electron chi connectivity index (χ2n) is 10.4. The van der Waals surface area contributed by atoms with Crippen molar-refractivity contribution >= 4 is 0 Å². The van der Waals surface area contributed by atoms with Gasteiger partial charge in [0.15, 0.2) is 11.6 Å². The second-order valence-corrected chi connectivity index (χ2v) is 10.4. The Bertz CT molecular complexity index is 1440. The number of fused-ring (bicyclic) bond motifs is 10. The van der Waals surface area contributed by atoms with Gasteiger partial charge in [0.1, 0.15) is 0 Å². The van der Waals surface area contributed by atoms with E-state index in [9.17, 15) is 26.3 Å². The van der Waals surface area contributed by atoms with Gasteiger partial charge in [-0.1, -0.05) is 13.8 Å². The van der Waals surface area contributed by atoms with Gasteiger partial charge in [0.2, 0.25) is 0 Å². The summed E-state index contributed by atoms with van der Waals surface area (Å²) in [6.07, 6.45) is -6.46. The molecule has 0 amide bonds. The molecule has 0 spiro atoms. The first-order valence-electron chi connectivity index (χ1n) is 11.7. The molecule has 0 unspecified atom stereocenters. The number of alkyl halides is 6. The van der Waals surface area contributed by atoms with Gasteiger partial charge in [0, 0.05) is 34.4 Å². The van der Waals surface area contributed by atoms with Crippen molar-refractivity contribution < 1.29 is 26.3 Å². The van der Waals surface area contributed by atoms with Crippen LogP contribution in [-0.4, -0.2) is 19.9 Å². The predicted octanol–water partition coefficient (Wildman–Crippen LogP) is 7.60. The van der Waals surface area contributed by atoms with Crippen molar-refractivity contribution in [1.29, 1.82) is 0 Å². The number of rotatable bonds is 0. The summed E-state index contributed by atoms with van der Waals surface area (Å²) in [5.74, 6) is 0.129. The molecule has 4 aromatic rings. The van der Waals surface area contributed by atoms with Crippen molar-refractivity contribution in [2.45, 2.75) is 50.9 Å². The fraction of sp³-hybridized carbons (Fsp3) is 0.286. The van der Waals surface area contributed by atoms with Gasteiger partial charge < -0.3 is 0 Å². The number of benzene rings is 2. The maximum Gasteiger partial charge on any atom is 0.416 e. The van der Waals surface area contributed by atoms with Crippen molar-refractivity contribution in [1.82, 2.24) is 19.9 Å². The van der Waals surface area contributed by atoms with Crippen LogP contribution in [0.1, 0.15) is 61.3 Å². The van der Waals surface area contributed by atoms with Crippen molar-refractivity contribution in [3.63, 3.8) is 0 Å². The van der Waals surface area contributed by atoms with Crippen molar-refractivity contribution in [3.05, 3.63) is 94.6 Å². The first kappa shape index (κ1) is 25.8. The fourth-order valence-corrected chi connectivity index (χ4v) is 4.55. The molecule has 8 bridgehead atoms. The van der Waals surface area contributed by atoms with E-state index in [4.69, 9.17) is 0 Å². The van der Waals surface area contributed by atoms with Crippen LogP contribution < -0.4 is 0 Å². The predicted molar refractivity (Wildman–Crippen MR) is 129 cm³/mol. The lowest BCUT2D eigenvalue weighted by Gasteiger charge is -2.30. The number of halogens is 6. The van der Waals surface area contributed by atoms with Gasteiger partial charge in [-0.25, -0.2) is 19.9 Å². The fourth-order valence-electron chi connectivity index (χ4n) is 4.55. The first-order valence-corrected chi connectivity index (χ1v) is 11.7. The molecule has 3 heterocycles. The highest BCUT2D eigenvalue weighted by Gasteiger charge is 2.37. The highest BCUT2D eigenvalue weighted by atomic mass is 19.4. The Labute approximate surface area is 214 Å². The van der Waals surface area contributed by atoms with E-state index in [0.29, 0.717) is 11.4 Å². The molecule has 5 rings (SSSR count). The average molecular weight is 529 g/mol. The van der Waals surface area contributed by atoms with Gasteiger partial charge in [0.05, 0.1) is 22.5 Å². The minimum absolute atomic E-state index is 0.0646. The summed E-state index contributed by atoms with van der Waals surface area (Å²) in [4.78, 5) is 17.7. The molecule has 10 heteroatoms. The SMILES string of the molecule is CC1(C)c2cc(cc(C(F)(F)F)c2)-c2nccc(n2)C(C)(C)c2ccnc(n2)-c2cc(C(F)(F)F)cc1c2. The zero-order valence-electron chi connectivity index (χ0n) is 20.8. The largest absolute Gasteiger partial charge is 0.416 e. The van der Waals surface area contributed by atoms with E-state index in [1.54, 1.807) is 26.0 Å². The van der Waals surface area contributed by atoms with E-state index < -0.39 is 34.3 Å². The molecule has 2 aromatic heterocycles. The third-order valence-corrected chi connectivity index (χ3v) is 7.07. The number of hydrogen-bond donors (Lipinski definition) is 0. The molecule has 0 fully saturated rings. The van der Waals surface area contributed by atoms with Crippen LogP contribution in [0.5, 0.6) is 0 Å². The highest BCUT2D eigenvalue weighted by molar-refractivity contribution is 5.64. The molecule has 0 N–H and O–H groups in total. The number of aromatic nitrogens is 4. The van der Waals surface area contributed by atoms with Crippen LogP contribution in [-0.2, 0) is 23.2 Å². The monoisotopic (exact) mass is 528 g/mol. The summed E-state index contributed by atoms with van der Waals surface area (Å²) in [6, 6.07) is 10.1. The minimum atomic E-state index is -4.70. The Balaban J connectivity index is 1.92. The molecule has 2 aromatic carbocycles. The van der Waals surface area contributed by atoms with Gasteiger partial charge in [-0.2, -0.15) is 26.3 Å². The summed E-state index contributed by atoms with van der Waals surface area (Å²) in [5, 5.41) is 0. The Morgan fingerprint density at radius 1 is 0.553 bits per heavy atom. The molecular formula is C28H22F6N4. The lowest BCUT2D eigenvalue weighted by atomic mass is 9.76. The normalized spacial score (nSPS) is 16.1. The standard InChI is InChI=1S/C28H22F6N4/c1-25(2)17-9-15(11-19(13-17)27(29,30)31)23-35-7-5-21(37-23)26(3,4)22-6-8-36-24(38-22)16-10-18(25)14-20(12-16)28(32,33)34/h5-14H,1-4H3. The van der Waals surface area contributed by atoms with Crippen LogP contribution in [0.3, 0.4) is 0 Å². The lowest BCUT2D eigenvalue weighted by Crippen LogP contribution is -2.24. The highest BCUT2D eigenvalue weighted by Crippen LogP contribution is 2.42. The molecular weight excluding hydrogens is 506 g/mol. The Hall–Kier alpha value is -3.82. The zero-order chi connectivity index (χ0) is 27.7. The van der Waals surface area contributed by atoms with Crippen molar-refractivity contribution in [2.75, 3.05) is 0 Å². The zero-order valence-corrected chi connectivity index (χ0v) is 20.8. The quantitative estimate of drug-likeness (QED) is 0.221. The van der Waals surface area contributed by atoms with Gasteiger partial charge in [-0.15, -0.1) is 0 Å². The Morgan fingerprint density at radius 3 is 1.32 bits per heavy atom. The molecule has 196 valence electrons. The maximum absolute atomic E-state index is 14.0. The second kappa shape index (κ2) is 8.34. The van der Waals surface area contributed by atoms with E-state index >= 15 is 0 Å². The minimum Gasteiger partial charge on any atom is -0.237 e. The van der Waals surface area contributed by atoms with Crippen LogP contribution >= 0.6 is 0 Å². The average Bonchev–Trinajstić information content (AvgIpc) is 2.87. The van der Waals surface area contributed by atoms with Crippen molar-refractivity contribution in [3.8, 4) is 22.8 Å². The molecule has 4 nitrogen and oxygen atoms in total. The lowest BCUT2D eigenvalue weighted by molar-refractivity contribution is -0.138. The van der Waals surface area contributed by atoms with Crippen LogP contribution in [0.2, 0.25) is 0 Å². The van der Waals surface area contributed by atoms with E-state index in [1.165, 1.54) is 24.5 Å². The molecule has 1 aliphatic heterocycles. The number of nitrogens with zero attached hydrogens (tertiary/aromatic N) is 4. The number of hydrogen-bond acceptors (Lipinski definition) is 4. The smallest absolute Gasteiger partial charge is 0.237 e. The molecule has 0 saturated carbocycles. The summed E-state index contributed by atoms with van der Waals surface area (Å²) in [7, 11) is 0. The third-order valence-electron chi connectivity index (χ3n) is 7.07. The Morgan fingerprint density at radius 2 is 0.947 bits per heavy atom. The van der Waals surface area contributed by atoms with Gasteiger partial charge in [0.25, 0.3) is 0 Å². The molecule has 0 atom stereocenters. The molecule has 1 aliphatic rings. The maximum atomic E-state index is 14.0. The molecule has 0 aliphatic carbocycles. The van der Waals surface area contributed by atoms with E-state index in [0.717, 1.165) is 24.3 Å². The summed E-state index contributed by atoms with van der Waals surface area (Å²) in [5.41, 5.74) is -2.54. The van der Waals surface area contributed by atoms with Crippen molar-refractivity contribution in [2.24, 2.45) is 0 Å². The van der Waals surface area contributed by atoms with Crippen LogP contribution in [0.25, 0.3) is 22.8 Å². The van der Waals surface area contributed by atoms with Gasteiger partial charge in [-0.3, -0.25) is 0 Å². The van der Waals surface area contributed by atoms with Crippen LogP contribution in [0.4, 0.5) is 26.3 Å². The molecule has 38 heavy (non-hydrogen) atoms. The van der Waals surface area contributed by atoms with Gasteiger partial charge >= 0.3 is 12.4 Å². The molecule has 0 saturated heterocycles. The topological polar surface area (TPSA) is 51.6 Å². The first-order chi connectivity index (χ1) is 17.6. The summed E-state index contributed by atoms with van der Waals surface area (Å²) < 4.78 is 84.0.